The first-order chi connectivity index (χ1) is 15.1. The van der Waals surface area contributed by atoms with Crippen LogP contribution in [-0.2, 0) is 6.42 Å². The standard InChI is InChI=1S/C23H19Cl2FN2OS2/c1-30-15-5-2-4-14(12-15)10-11-29-19-6-3-7-20(22(19)26)31-28-18-9-8-16(24)21-17(25)13-27-23(18)21/h2-9,12-13,27-28H,10-11H2,1H3. The van der Waals surface area contributed by atoms with Crippen molar-refractivity contribution in [3.63, 3.8) is 0 Å². The van der Waals surface area contributed by atoms with E-state index in [1.807, 2.05) is 18.4 Å². The predicted octanol–water partition coefficient (Wildman–Crippen LogP) is 8.08. The van der Waals surface area contributed by atoms with E-state index in [1.165, 1.54) is 16.8 Å². The smallest absolute Gasteiger partial charge is 0.180 e. The van der Waals surface area contributed by atoms with Gasteiger partial charge in [-0.1, -0.05) is 41.4 Å². The number of fused-ring (bicyclic) bond motifs is 1. The van der Waals surface area contributed by atoms with Crippen molar-refractivity contribution in [2.24, 2.45) is 0 Å². The number of H-pyrrole nitrogens is 1. The molecule has 0 aliphatic heterocycles. The average Bonchev–Trinajstić information content (AvgIpc) is 3.18. The summed E-state index contributed by atoms with van der Waals surface area (Å²) in [5, 5.41) is 1.83. The number of halogens is 3. The molecule has 0 atom stereocenters. The van der Waals surface area contributed by atoms with Crippen LogP contribution in [0.3, 0.4) is 0 Å². The van der Waals surface area contributed by atoms with Crippen molar-refractivity contribution in [3.8, 4) is 5.75 Å². The first-order valence-electron chi connectivity index (χ1n) is 9.49. The Kier molecular flexibility index (Phi) is 7.23. The zero-order chi connectivity index (χ0) is 21.8. The molecule has 8 heteroatoms. The van der Waals surface area contributed by atoms with Gasteiger partial charge in [0.1, 0.15) is 0 Å². The second-order valence-corrected chi connectivity index (χ2v) is 9.25. The molecule has 3 nitrogen and oxygen atoms in total. The summed E-state index contributed by atoms with van der Waals surface area (Å²) in [6.07, 6.45) is 4.43. The van der Waals surface area contributed by atoms with Crippen molar-refractivity contribution >= 4 is 63.5 Å². The van der Waals surface area contributed by atoms with Crippen molar-refractivity contribution in [3.05, 3.63) is 82.2 Å². The second-order valence-electron chi connectivity index (χ2n) is 6.70. The lowest BCUT2D eigenvalue weighted by Crippen LogP contribution is -2.03. The number of ether oxygens (including phenoxy) is 1. The molecule has 31 heavy (non-hydrogen) atoms. The molecule has 0 unspecified atom stereocenters. The summed E-state index contributed by atoms with van der Waals surface area (Å²) in [4.78, 5) is 4.73. The topological polar surface area (TPSA) is 37.0 Å². The molecule has 0 aliphatic rings. The lowest BCUT2D eigenvalue weighted by Gasteiger charge is -2.12. The van der Waals surface area contributed by atoms with Crippen molar-refractivity contribution in [2.45, 2.75) is 16.2 Å². The van der Waals surface area contributed by atoms with E-state index in [4.69, 9.17) is 27.9 Å². The highest BCUT2D eigenvalue weighted by Gasteiger charge is 2.13. The minimum Gasteiger partial charge on any atom is -0.490 e. The van der Waals surface area contributed by atoms with E-state index in [0.29, 0.717) is 28.0 Å². The molecule has 1 heterocycles. The van der Waals surface area contributed by atoms with E-state index in [1.54, 1.807) is 42.2 Å². The summed E-state index contributed by atoms with van der Waals surface area (Å²) in [7, 11) is 0. The fourth-order valence-corrected chi connectivity index (χ4v) is 4.92. The molecule has 0 saturated heterocycles. The largest absolute Gasteiger partial charge is 0.490 e. The summed E-state index contributed by atoms with van der Waals surface area (Å²) in [6, 6.07) is 17.0. The maximum atomic E-state index is 15.0. The Hall–Kier alpha value is -1.99. The Balaban J connectivity index is 1.42. The number of hydrogen-bond donors (Lipinski definition) is 2. The number of thioether (sulfide) groups is 1. The Morgan fingerprint density at radius 2 is 1.90 bits per heavy atom. The molecule has 0 aliphatic carbocycles. The van der Waals surface area contributed by atoms with Crippen LogP contribution < -0.4 is 9.46 Å². The van der Waals surface area contributed by atoms with Gasteiger partial charge in [-0.05, 0) is 60.2 Å². The van der Waals surface area contributed by atoms with E-state index >= 15 is 0 Å². The molecule has 160 valence electrons. The Morgan fingerprint density at radius 3 is 2.74 bits per heavy atom. The molecular formula is C23H19Cl2FN2OS2. The van der Waals surface area contributed by atoms with E-state index in [2.05, 4.69) is 27.9 Å². The number of rotatable bonds is 8. The van der Waals surface area contributed by atoms with Gasteiger partial charge in [-0.15, -0.1) is 11.8 Å². The van der Waals surface area contributed by atoms with Gasteiger partial charge in [0.25, 0.3) is 0 Å². The summed E-state index contributed by atoms with van der Waals surface area (Å²) >= 11 is 15.3. The second kappa shape index (κ2) is 10.1. The minimum atomic E-state index is -0.396. The Labute approximate surface area is 198 Å². The zero-order valence-corrected chi connectivity index (χ0v) is 19.7. The van der Waals surface area contributed by atoms with Gasteiger partial charge >= 0.3 is 0 Å². The van der Waals surface area contributed by atoms with E-state index < -0.39 is 5.82 Å². The molecule has 3 aromatic carbocycles. The van der Waals surface area contributed by atoms with E-state index in [9.17, 15) is 4.39 Å². The van der Waals surface area contributed by atoms with Gasteiger partial charge in [0.2, 0.25) is 0 Å². The van der Waals surface area contributed by atoms with Crippen molar-refractivity contribution in [2.75, 3.05) is 17.6 Å². The van der Waals surface area contributed by atoms with Gasteiger partial charge in [-0.25, -0.2) is 4.39 Å². The first kappa shape index (κ1) is 22.2. The Morgan fingerprint density at radius 1 is 1.06 bits per heavy atom. The SMILES string of the molecule is CSc1cccc(CCOc2cccc(SNc3ccc(Cl)c4c(Cl)c[nH]c34)c2F)c1. The normalized spacial score (nSPS) is 11.1. The van der Waals surface area contributed by atoms with Gasteiger partial charge in [0, 0.05) is 22.9 Å². The number of nitrogens with one attached hydrogen (secondary N) is 2. The highest BCUT2D eigenvalue weighted by atomic mass is 35.5. The summed E-state index contributed by atoms with van der Waals surface area (Å²) in [5.41, 5.74) is 2.69. The van der Waals surface area contributed by atoms with E-state index in [0.717, 1.165) is 22.2 Å². The number of aromatic nitrogens is 1. The van der Waals surface area contributed by atoms with Crippen molar-refractivity contribution in [1.29, 1.82) is 0 Å². The van der Waals surface area contributed by atoms with Crippen LogP contribution in [0.5, 0.6) is 5.75 Å². The Bertz CT molecular complexity index is 1220. The van der Waals surface area contributed by atoms with Crippen LogP contribution in [-0.4, -0.2) is 17.8 Å². The molecule has 0 radical (unpaired) electrons. The van der Waals surface area contributed by atoms with Crippen LogP contribution in [0.4, 0.5) is 10.1 Å². The number of benzene rings is 3. The van der Waals surface area contributed by atoms with Crippen LogP contribution in [0.1, 0.15) is 5.56 Å². The van der Waals surface area contributed by atoms with Crippen LogP contribution in [0.2, 0.25) is 10.0 Å². The zero-order valence-electron chi connectivity index (χ0n) is 16.5. The van der Waals surface area contributed by atoms with Gasteiger partial charge in [0.05, 0.1) is 32.8 Å². The fourth-order valence-electron chi connectivity index (χ4n) is 3.15. The summed E-state index contributed by atoms with van der Waals surface area (Å²) in [6.45, 7) is 0.398. The lowest BCUT2D eigenvalue weighted by atomic mass is 10.2. The molecule has 0 amide bonds. The molecule has 4 aromatic rings. The quantitative estimate of drug-likeness (QED) is 0.192. The minimum absolute atomic E-state index is 0.233. The van der Waals surface area contributed by atoms with Crippen LogP contribution in [0.15, 0.2) is 70.6 Å². The maximum Gasteiger partial charge on any atom is 0.180 e. The maximum absolute atomic E-state index is 15.0. The third kappa shape index (κ3) is 5.09. The van der Waals surface area contributed by atoms with Crippen LogP contribution in [0.25, 0.3) is 10.9 Å². The predicted molar refractivity (Wildman–Crippen MR) is 132 cm³/mol. The van der Waals surface area contributed by atoms with Gasteiger partial charge in [-0.2, -0.15) is 0 Å². The molecular weight excluding hydrogens is 474 g/mol. The molecule has 1 aromatic heterocycles. The molecule has 0 saturated carbocycles. The number of hydrogen-bond acceptors (Lipinski definition) is 4. The van der Waals surface area contributed by atoms with Gasteiger partial charge in [0.15, 0.2) is 11.6 Å². The first-order valence-corrected chi connectivity index (χ1v) is 12.3. The van der Waals surface area contributed by atoms with Crippen molar-refractivity contribution < 1.29 is 9.13 Å². The average molecular weight is 493 g/mol. The third-order valence-corrected chi connectivity index (χ3v) is 6.91. The third-order valence-electron chi connectivity index (χ3n) is 4.72. The number of anilines is 1. The van der Waals surface area contributed by atoms with E-state index in [-0.39, 0.29) is 5.75 Å². The number of aromatic amines is 1. The van der Waals surface area contributed by atoms with Crippen molar-refractivity contribution in [1.82, 2.24) is 4.98 Å². The molecule has 0 bridgehead atoms. The van der Waals surface area contributed by atoms with Crippen LogP contribution >= 0.6 is 46.9 Å². The fraction of sp³-hybridized carbons (Fsp3) is 0.130. The van der Waals surface area contributed by atoms with Crippen LogP contribution in [0, 0.1) is 5.82 Å². The van der Waals surface area contributed by atoms with Gasteiger partial charge in [-0.3, -0.25) is 0 Å². The molecule has 4 rings (SSSR count). The highest BCUT2D eigenvalue weighted by Crippen LogP contribution is 2.37. The molecule has 0 spiro atoms. The van der Waals surface area contributed by atoms with Gasteiger partial charge < -0.3 is 14.4 Å². The lowest BCUT2D eigenvalue weighted by molar-refractivity contribution is 0.302. The monoisotopic (exact) mass is 492 g/mol. The molecule has 2 N–H and O–H groups in total. The summed E-state index contributed by atoms with van der Waals surface area (Å²) in [5.74, 6) is -0.162. The highest BCUT2D eigenvalue weighted by molar-refractivity contribution is 8.00. The molecule has 0 fully saturated rings. The summed E-state index contributed by atoms with van der Waals surface area (Å²) < 4.78 is 23.9.